The zero-order valence-corrected chi connectivity index (χ0v) is 7.37. The molecule has 4 N–H and O–H groups in total. The fraction of sp³-hybridized carbons (Fsp3) is 0.333. The quantitative estimate of drug-likeness (QED) is 0.698. The minimum atomic E-state index is -3.16. The highest BCUT2D eigenvalue weighted by atomic mass is 19.3. The van der Waals surface area contributed by atoms with Gasteiger partial charge in [-0.05, 0) is 18.7 Å². The Balaban J connectivity index is 3.06. The third-order valence-electron chi connectivity index (χ3n) is 1.83. The number of alkyl halides is 2. The van der Waals surface area contributed by atoms with E-state index in [1.54, 1.807) is 0 Å². The maximum Gasteiger partial charge on any atom is 0.278 e. The van der Waals surface area contributed by atoms with Crippen LogP contribution in [0, 0.1) is 0 Å². The molecule has 0 saturated heterocycles. The molecule has 1 aromatic rings. The average molecular weight is 203 g/mol. The maximum atomic E-state index is 13.2. The highest BCUT2D eigenvalue weighted by molar-refractivity contribution is 5.41. The summed E-state index contributed by atoms with van der Waals surface area (Å²) in [6, 6.07) is 2.96. The lowest BCUT2D eigenvalue weighted by atomic mass is 10.0. The summed E-state index contributed by atoms with van der Waals surface area (Å²) in [6.07, 6.45) is -0.536. The second-order valence-corrected chi connectivity index (χ2v) is 2.94. The molecular formula is C9H11F2NO2. The molecule has 1 rings (SSSR count). The minimum absolute atomic E-state index is 0.173. The summed E-state index contributed by atoms with van der Waals surface area (Å²) >= 11 is 0. The Morgan fingerprint density at radius 2 is 1.93 bits per heavy atom. The molecule has 0 aromatic heterocycles. The van der Waals surface area contributed by atoms with Gasteiger partial charge < -0.3 is 15.9 Å². The van der Waals surface area contributed by atoms with E-state index in [2.05, 4.69) is 0 Å². The Morgan fingerprint density at radius 3 is 2.43 bits per heavy atom. The molecule has 3 nitrogen and oxygen atoms in total. The highest BCUT2D eigenvalue weighted by Crippen LogP contribution is 2.38. The molecule has 78 valence electrons. The van der Waals surface area contributed by atoms with Crippen LogP contribution in [0.5, 0.6) is 11.5 Å². The molecule has 5 heteroatoms. The highest BCUT2D eigenvalue weighted by Gasteiger charge is 2.33. The first kappa shape index (κ1) is 10.7. The van der Waals surface area contributed by atoms with Gasteiger partial charge in [0.15, 0.2) is 0 Å². The zero-order valence-electron chi connectivity index (χ0n) is 7.37. The molecule has 0 fully saturated rings. The first-order valence-corrected chi connectivity index (χ1v) is 4.08. The second-order valence-electron chi connectivity index (χ2n) is 2.94. The number of phenolic OH excluding ortho intramolecular Hbond substituents is 2. The molecule has 0 aliphatic carbocycles. The smallest absolute Gasteiger partial charge is 0.278 e. The van der Waals surface area contributed by atoms with E-state index in [-0.39, 0.29) is 12.3 Å². The van der Waals surface area contributed by atoms with Crippen molar-refractivity contribution in [2.75, 3.05) is 6.54 Å². The van der Waals surface area contributed by atoms with Crippen molar-refractivity contribution >= 4 is 0 Å². The summed E-state index contributed by atoms with van der Waals surface area (Å²) in [6.45, 7) is -0.173. The number of benzene rings is 1. The minimum Gasteiger partial charge on any atom is -0.508 e. The van der Waals surface area contributed by atoms with Crippen LogP contribution in [0.1, 0.15) is 12.0 Å². The number of hydrogen-bond donors (Lipinski definition) is 3. The van der Waals surface area contributed by atoms with Gasteiger partial charge in [-0.15, -0.1) is 0 Å². The lowest BCUT2D eigenvalue weighted by molar-refractivity contribution is -0.0127. The van der Waals surface area contributed by atoms with Crippen LogP contribution in [0.4, 0.5) is 8.78 Å². The lowest BCUT2D eigenvalue weighted by Crippen LogP contribution is -2.18. The fourth-order valence-electron chi connectivity index (χ4n) is 1.15. The Labute approximate surface area is 79.8 Å². The molecule has 14 heavy (non-hydrogen) atoms. The molecule has 1 aromatic carbocycles. The molecule has 0 atom stereocenters. The van der Waals surface area contributed by atoms with Crippen LogP contribution in [0.25, 0.3) is 0 Å². The first-order chi connectivity index (χ1) is 6.47. The molecule has 0 amide bonds. The summed E-state index contributed by atoms with van der Waals surface area (Å²) in [7, 11) is 0. The standard InChI is InChI=1S/C9H11F2NO2/c10-9(11,3-4-12)7-2-1-6(13)5-8(7)14/h1-2,5,13-14H,3-4,12H2. The van der Waals surface area contributed by atoms with Crippen LogP contribution in [0.15, 0.2) is 18.2 Å². The first-order valence-electron chi connectivity index (χ1n) is 4.08. The van der Waals surface area contributed by atoms with Crippen LogP contribution < -0.4 is 5.73 Å². The van der Waals surface area contributed by atoms with Gasteiger partial charge in [0, 0.05) is 12.5 Å². The van der Waals surface area contributed by atoms with Gasteiger partial charge in [-0.3, -0.25) is 0 Å². The van der Waals surface area contributed by atoms with Gasteiger partial charge in [0.05, 0.1) is 5.56 Å². The molecule has 0 heterocycles. The summed E-state index contributed by atoms with van der Waals surface area (Å²) < 4.78 is 26.5. The second kappa shape index (κ2) is 3.79. The summed E-state index contributed by atoms with van der Waals surface area (Å²) in [4.78, 5) is 0. The van der Waals surface area contributed by atoms with E-state index in [1.807, 2.05) is 0 Å². The molecule has 0 aliphatic rings. The number of phenols is 2. The molecule has 0 radical (unpaired) electrons. The van der Waals surface area contributed by atoms with Crippen LogP contribution in [-0.2, 0) is 5.92 Å². The molecule has 0 saturated carbocycles. The number of hydrogen-bond acceptors (Lipinski definition) is 3. The van der Waals surface area contributed by atoms with Crippen molar-refractivity contribution < 1.29 is 19.0 Å². The summed E-state index contributed by atoms with van der Waals surface area (Å²) in [5.74, 6) is -4.04. The van der Waals surface area contributed by atoms with Gasteiger partial charge in [0.2, 0.25) is 0 Å². The predicted octanol–water partition coefficient (Wildman–Crippen LogP) is 1.54. The molecule has 0 spiro atoms. The topological polar surface area (TPSA) is 66.5 Å². The normalized spacial score (nSPS) is 11.6. The lowest BCUT2D eigenvalue weighted by Gasteiger charge is -2.16. The Hall–Kier alpha value is -1.36. The van der Waals surface area contributed by atoms with Gasteiger partial charge >= 0.3 is 0 Å². The van der Waals surface area contributed by atoms with Gasteiger partial charge in [-0.25, -0.2) is 8.78 Å². The van der Waals surface area contributed by atoms with Crippen molar-refractivity contribution in [3.8, 4) is 11.5 Å². The molecule has 0 bridgehead atoms. The van der Waals surface area contributed by atoms with E-state index in [0.29, 0.717) is 0 Å². The molecule has 0 unspecified atom stereocenters. The van der Waals surface area contributed by atoms with Crippen LogP contribution in [0.2, 0.25) is 0 Å². The van der Waals surface area contributed by atoms with Crippen LogP contribution >= 0.6 is 0 Å². The number of aromatic hydroxyl groups is 2. The molecular weight excluding hydrogens is 192 g/mol. The van der Waals surface area contributed by atoms with Gasteiger partial charge in [0.1, 0.15) is 11.5 Å². The summed E-state index contributed by atoms with van der Waals surface area (Å²) in [5, 5.41) is 18.1. The van der Waals surface area contributed by atoms with E-state index in [4.69, 9.17) is 10.8 Å². The third-order valence-corrected chi connectivity index (χ3v) is 1.83. The zero-order chi connectivity index (χ0) is 10.8. The maximum absolute atomic E-state index is 13.2. The Morgan fingerprint density at radius 1 is 1.29 bits per heavy atom. The van der Waals surface area contributed by atoms with E-state index >= 15 is 0 Å². The van der Waals surface area contributed by atoms with Crippen molar-refractivity contribution in [2.45, 2.75) is 12.3 Å². The van der Waals surface area contributed by atoms with E-state index in [9.17, 15) is 13.9 Å². The largest absolute Gasteiger partial charge is 0.508 e. The summed E-state index contributed by atoms with van der Waals surface area (Å²) in [5.41, 5.74) is 4.51. The third kappa shape index (κ3) is 2.11. The van der Waals surface area contributed by atoms with E-state index < -0.39 is 23.7 Å². The van der Waals surface area contributed by atoms with Crippen molar-refractivity contribution in [1.29, 1.82) is 0 Å². The van der Waals surface area contributed by atoms with Crippen molar-refractivity contribution in [3.63, 3.8) is 0 Å². The van der Waals surface area contributed by atoms with Crippen molar-refractivity contribution in [2.24, 2.45) is 5.73 Å². The van der Waals surface area contributed by atoms with Gasteiger partial charge in [0.25, 0.3) is 5.92 Å². The predicted molar refractivity (Wildman–Crippen MR) is 47.3 cm³/mol. The Bertz CT molecular complexity index is 329. The fourth-order valence-corrected chi connectivity index (χ4v) is 1.15. The SMILES string of the molecule is NCCC(F)(F)c1ccc(O)cc1O. The number of nitrogens with two attached hydrogens (primary N) is 1. The van der Waals surface area contributed by atoms with E-state index in [1.165, 1.54) is 0 Å². The van der Waals surface area contributed by atoms with Crippen LogP contribution in [0.3, 0.4) is 0 Å². The van der Waals surface area contributed by atoms with Crippen molar-refractivity contribution in [3.05, 3.63) is 23.8 Å². The number of halogens is 2. The van der Waals surface area contributed by atoms with Crippen molar-refractivity contribution in [1.82, 2.24) is 0 Å². The molecule has 0 aliphatic heterocycles. The Kier molecular flexibility index (Phi) is 2.90. The monoisotopic (exact) mass is 203 g/mol. The van der Waals surface area contributed by atoms with Crippen LogP contribution in [-0.4, -0.2) is 16.8 Å². The van der Waals surface area contributed by atoms with E-state index in [0.717, 1.165) is 18.2 Å². The van der Waals surface area contributed by atoms with Gasteiger partial charge in [-0.1, -0.05) is 0 Å². The average Bonchev–Trinajstić information content (AvgIpc) is 2.02. The van der Waals surface area contributed by atoms with Gasteiger partial charge in [-0.2, -0.15) is 0 Å². The number of rotatable bonds is 3.